The average Bonchev–Trinajstić information content (AvgIpc) is 2.94. The second kappa shape index (κ2) is 11.8. The van der Waals surface area contributed by atoms with Gasteiger partial charge >= 0.3 is 5.97 Å². The van der Waals surface area contributed by atoms with Crippen molar-refractivity contribution >= 4 is 40.5 Å². The minimum absolute atomic E-state index is 0.0975. The Hall–Kier alpha value is -3.73. The maximum atomic E-state index is 13.7. The predicted molar refractivity (Wildman–Crippen MR) is 156 cm³/mol. The first-order chi connectivity index (χ1) is 18.5. The largest absolute Gasteiger partial charge is 0.463 e. The molecule has 1 heterocycles. The third kappa shape index (κ3) is 5.57. The maximum absolute atomic E-state index is 13.7. The lowest BCUT2D eigenvalue weighted by molar-refractivity contribution is -0.139. The number of para-hydroxylation sites is 2. The molecule has 5 rings (SSSR count). The van der Waals surface area contributed by atoms with Gasteiger partial charge in [0.25, 0.3) is 0 Å². The summed E-state index contributed by atoms with van der Waals surface area (Å²) in [5.41, 5.74) is 5.32. The molecule has 0 fully saturated rings. The first kappa shape index (κ1) is 25.9. The molecular weight excluding hydrogens is 515 g/mol. The predicted octanol–water partition coefficient (Wildman–Crippen LogP) is 8.62. The van der Waals surface area contributed by atoms with E-state index < -0.39 is 6.04 Å². The third-order valence-electron chi connectivity index (χ3n) is 6.67. The second-order valence-corrected chi connectivity index (χ2v) is 9.94. The molecule has 0 aliphatic carbocycles. The summed E-state index contributed by atoms with van der Waals surface area (Å²) in [6.07, 6.45) is 0.559. The minimum atomic E-state index is -0.436. The molecule has 0 amide bonds. The highest BCUT2D eigenvalue weighted by atomic mass is 35.5. The molecule has 0 saturated heterocycles. The van der Waals surface area contributed by atoms with Gasteiger partial charge in [-0.3, -0.25) is 0 Å². The van der Waals surface area contributed by atoms with Gasteiger partial charge in [-0.25, -0.2) is 4.79 Å². The minimum Gasteiger partial charge on any atom is -0.463 e. The van der Waals surface area contributed by atoms with Gasteiger partial charge in [-0.05, 0) is 66.6 Å². The van der Waals surface area contributed by atoms with E-state index in [9.17, 15) is 4.79 Å². The number of carbonyl (C=O) groups is 1. The standard InChI is InChI=1S/C32H28Cl2N2O2/c1-2-38-32(37)30-28(35-26-9-5-3-6-10-26)21-29(22-13-17-24(33)18-14-22)36(27-11-7-4-8-12-27)31(30)23-15-19-25(34)20-16-23/h3-20,29,31,35H,2,21H2,1H3. The van der Waals surface area contributed by atoms with Crippen molar-refractivity contribution < 1.29 is 9.53 Å². The number of benzene rings is 4. The fraction of sp³-hybridized carbons (Fsp3) is 0.156. The van der Waals surface area contributed by atoms with Gasteiger partial charge < -0.3 is 15.0 Å². The first-order valence-electron chi connectivity index (χ1n) is 12.6. The number of anilines is 2. The van der Waals surface area contributed by atoms with Gasteiger partial charge in [-0.2, -0.15) is 0 Å². The number of carbonyl (C=O) groups excluding carboxylic acids is 1. The molecule has 0 bridgehead atoms. The van der Waals surface area contributed by atoms with Gasteiger partial charge in [0.1, 0.15) is 0 Å². The Kier molecular flexibility index (Phi) is 8.02. The van der Waals surface area contributed by atoms with E-state index >= 15 is 0 Å². The summed E-state index contributed by atoms with van der Waals surface area (Å²) in [6.45, 7) is 2.11. The molecule has 0 aromatic heterocycles. The lowest BCUT2D eigenvalue weighted by Gasteiger charge is -2.46. The lowest BCUT2D eigenvalue weighted by Crippen LogP contribution is -2.41. The van der Waals surface area contributed by atoms with E-state index in [1.54, 1.807) is 0 Å². The summed E-state index contributed by atoms with van der Waals surface area (Å²) in [4.78, 5) is 16.0. The molecule has 6 heteroatoms. The maximum Gasteiger partial charge on any atom is 0.338 e. The number of ether oxygens (including phenoxy) is 1. The molecule has 2 atom stereocenters. The summed E-state index contributed by atoms with van der Waals surface area (Å²) in [5.74, 6) is -0.346. The van der Waals surface area contributed by atoms with Crippen LogP contribution in [0.25, 0.3) is 0 Å². The summed E-state index contributed by atoms with van der Waals surface area (Å²) < 4.78 is 5.66. The fourth-order valence-corrected chi connectivity index (χ4v) is 5.26. The lowest BCUT2D eigenvalue weighted by atomic mass is 9.84. The zero-order chi connectivity index (χ0) is 26.5. The first-order valence-corrected chi connectivity index (χ1v) is 13.4. The molecule has 0 saturated carbocycles. The molecule has 1 aliphatic rings. The Morgan fingerprint density at radius 2 is 1.37 bits per heavy atom. The van der Waals surface area contributed by atoms with Gasteiger partial charge in [0, 0.05) is 33.5 Å². The Balaban J connectivity index is 1.77. The number of nitrogens with zero attached hydrogens (tertiary/aromatic N) is 1. The molecule has 38 heavy (non-hydrogen) atoms. The van der Waals surface area contributed by atoms with Crippen molar-refractivity contribution in [3.05, 3.63) is 142 Å². The smallest absolute Gasteiger partial charge is 0.338 e. The van der Waals surface area contributed by atoms with Crippen molar-refractivity contribution in [1.29, 1.82) is 0 Å². The Morgan fingerprint density at radius 3 is 1.95 bits per heavy atom. The van der Waals surface area contributed by atoms with Crippen LogP contribution in [0.5, 0.6) is 0 Å². The number of hydrogen-bond acceptors (Lipinski definition) is 4. The van der Waals surface area contributed by atoms with Crippen LogP contribution >= 0.6 is 23.2 Å². The van der Waals surface area contributed by atoms with Gasteiger partial charge in [-0.1, -0.05) is 83.9 Å². The Bertz CT molecular complexity index is 1410. The summed E-state index contributed by atoms with van der Waals surface area (Å²) >= 11 is 12.6. The van der Waals surface area contributed by atoms with E-state index in [1.807, 2.05) is 91.9 Å². The van der Waals surface area contributed by atoms with Gasteiger partial charge in [0.2, 0.25) is 0 Å². The van der Waals surface area contributed by atoms with Gasteiger partial charge in [-0.15, -0.1) is 0 Å². The zero-order valence-corrected chi connectivity index (χ0v) is 22.5. The van der Waals surface area contributed by atoms with Crippen LogP contribution in [0.2, 0.25) is 10.0 Å². The van der Waals surface area contributed by atoms with Crippen LogP contribution in [-0.4, -0.2) is 12.6 Å². The highest BCUT2D eigenvalue weighted by molar-refractivity contribution is 6.30. The van der Waals surface area contributed by atoms with E-state index in [0.717, 1.165) is 28.2 Å². The Morgan fingerprint density at radius 1 is 0.816 bits per heavy atom. The van der Waals surface area contributed by atoms with Crippen LogP contribution in [-0.2, 0) is 9.53 Å². The molecule has 4 aromatic rings. The summed E-state index contributed by atoms with van der Waals surface area (Å²) in [5, 5.41) is 4.87. The average molecular weight is 543 g/mol. The highest BCUT2D eigenvalue weighted by Crippen LogP contribution is 2.48. The molecule has 2 unspecified atom stereocenters. The van der Waals surface area contributed by atoms with Crippen LogP contribution in [0.4, 0.5) is 11.4 Å². The number of esters is 1. The van der Waals surface area contributed by atoms with Crippen LogP contribution in [0.3, 0.4) is 0 Å². The molecule has 0 spiro atoms. The van der Waals surface area contributed by atoms with Crippen molar-refractivity contribution in [3.8, 4) is 0 Å². The van der Waals surface area contributed by atoms with E-state index in [1.165, 1.54) is 0 Å². The van der Waals surface area contributed by atoms with E-state index in [2.05, 4.69) is 34.5 Å². The van der Waals surface area contributed by atoms with Crippen molar-refractivity contribution in [2.75, 3.05) is 16.8 Å². The van der Waals surface area contributed by atoms with Crippen LogP contribution in [0.1, 0.15) is 36.6 Å². The molecule has 192 valence electrons. The Labute approximate surface area is 233 Å². The molecular formula is C32H28Cl2N2O2. The number of rotatable bonds is 7. The monoisotopic (exact) mass is 542 g/mol. The van der Waals surface area contributed by atoms with Gasteiger partial charge in [0.15, 0.2) is 0 Å². The van der Waals surface area contributed by atoms with Crippen LogP contribution in [0.15, 0.2) is 120 Å². The van der Waals surface area contributed by atoms with E-state index in [0.29, 0.717) is 22.0 Å². The van der Waals surface area contributed by atoms with Crippen LogP contribution in [0, 0.1) is 0 Å². The van der Waals surface area contributed by atoms with Crippen molar-refractivity contribution in [1.82, 2.24) is 0 Å². The topological polar surface area (TPSA) is 41.6 Å². The van der Waals surface area contributed by atoms with E-state index in [4.69, 9.17) is 27.9 Å². The van der Waals surface area contributed by atoms with Gasteiger partial charge in [0.05, 0.1) is 24.3 Å². The SMILES string of the molecule is CCOC(=O)C1=C(Nc2ccccc2)CC(c2ccc(Cl)cc2)N(c2ccccc2)C1c1ccc(Cl)cc1. The fourth-order valence-electron chi connectivity index (χ4n) is 5.01. The summed E-state index contributed by atoms with van der Waals surface area (Å²) in [7, 11) is 0. The molecule has 0 radical (unpaired) electrons. The molecule has 1 N–H and O–H groups in total. The number of nitrogens with one attached hydrogen (secondary N) is 1. The highest BCUT2D eigenvalue weighted by Gasteiger charge is 2.41. The van der Waals surface area contributed by atoms with Crippen molar-refractivity contribution in [2.24, 2.45) is 0 Å². The quantitative estimate of drug-likeness (QED) is 0.237. The van der Waals surface area contributed by atoms with E-state index in [-0.39, 0.29) is 18.6 Å². The summed E-state index contributed by atoms with van der Waals surface area (Å²) in [6, 6.07) is 35.1. The third-order valence-corrected chi connectivity index (χ3v) is 7.17. The zero-order valence-electron chi connectivity index (χ0n) is 21.0. The van der Waals surface area contributed by atoms with Crippen LogP contribution < -0.4 is 10.2 Å². The normalized spacial score (nSPS) is 17.3. The molecule has 1 aliphatic heterocycles. The molecule has 4 aromatic carbocycles. The number of halogens is 2. The van der Waals surface area contributed by atoms with Crippen molar-refractivity contribution in [3.63, 3.8) is 0 Å². The van der Waals surface area contributed by atoms with Crippen molar-refractivity contribution in [2.45, 2.75) is 25.4 Å². The molecule has 4 nitrogen and oxygen atoms in total. The number of hydrogen-bond donors (Lipinski definition) is 1. The second-order valence-electron chi connectivity index (χ2n) is 9.07.